The Balaban J connectivity index is 1.38. The number of halogens is 2. The molecule has 2 aromatic carbocycles. The molecule has 2 aromatic heterocycles. The number of hydrogen-bond acceptors (Lipinski definition) is 8. The molecule has 8 rings (SSSR count). The molecular weight excluding hydrogens is 590 g/mol. The molecular formula is C32H28F2N4O5S. The summed E-state index contributed by atoms with van der Waals surface area (Å²) >= 11 is 1.56. The molecule has 5 heterocycles. The van der Waals surface area contributed by atoms with Gasteiger partial charge < -0.3 is 19.5 Å². The van der Waals surface area contributed by atoms with Crippen molar-refractivity contribution in [2.45, 2.75) is 18.8 Å². The predicted octanol–water partition coefficient (Wildman–Crippen LogP) is 3.91. The third kappa shape index (κ3) is 4.12. The van der Waals surface area contributed by atoms with Gasteiger partial charge in [-0.2, -0.15) is 0 Å². The molecule has 44 heavy (non-hydrogen) atoms. The first-order valence-electron chi connectivity index (χ1n) is 14.5. The Hall–Kier alpha value is -4.10. The molecule has 4 aliphatic rings. The molecule has 2 atom stereocenters. The minimum atomic E-state index is -0.960. The molecule has 0 spiro atoms. The predicted molar refractivity (Wildman–Crippen MR) is 159 cm³/mol. The normalized spacial score (nSPS) is 21.2. The van der Waals surface area contributed by atoms with Gasteiger partial charge in [-0.05, 0) is 28.8 Å². The van der Waals surface area contributed by atoms with E-state index in [0.717, 1.165) is 40.0 Å². The van der Waals surface area contributed by atoms with Gasteiger partial charge in [0.15, 0.2) is 23.1 Å². The highest BCUT2D eigenvalue weighted by atomic mass is 32.1. The Morgan fingerprint density at radius 2 is 1.73 bits per heavy atom. The Morgan fingerprint density at radius 3 is 2.57 bits per heavy atom. The highest BCUT2D eigenvalue weighted by molar-refractivity contribution is 7.16. The van der Waals surface area contributed by atoms with Gasteiger partial charge in [0.05, 0.1) is 32.5 Å². The van der Waals surface area contributed by atoms with Crippen LogP contribution in [0.2, 0.25) is 0 Å². The summed E-state index contributed by atoms with van der Waals surface area (Å²) < 4.78 is 44.1. The van der Waals surface area contributed by atoms with Crippen LogP contribution in [0.4, 0.5) is 8.78 Å². The zero-order valence-corrected chi connectivity index (χ0v) is 24.4. The van der Waals surface area contributed by atoms with Crippen molar-refractivity contribution in [3.63, 3.8) is 0 Å². The van der Waals surface area contributed by atoms with Crippen LogP contribution in [-0.4, -0.2) is 77.7 Å². The zero-order chi connectivity index (χ0) is 30.1. The lowest BCUT2D eigenvalue weighted by atomic mass is 9.91. The van der Waals surface area contributed by atoms with Crippen LogP contribution in [-0.2, 0) is 16.0 Å². The summed E-state index contributed by atoms with van der Waals surface area (Å²) in [5.41, 5.74) is 2.06. The van der Waals surface area contributed by atoms with Crippen LogP contribution < -0.4 is 10.4 Å². The van der Waals surface area contributed by atoms with Gasteiger partial charge in [-0.3, -0.25) is 24.2 Å². The average Bonchev–Trinajstić information content (AvgIpc) is 3.41. The SMILES string of the molecule is O=C1c2c(O)c(=O)ccn2N([C@@H]2c3ccccc3-c3sc(CN4CCOCC4)cc3-c3c2ccc(F)c3F)[C@@H]2COCCN12. The average molecular weight is 619 g/mol. The van der Waals surface area contributed by atoms with Gasteiger partial charge in [-0.25, -0.2) is 8.78 Å². The number of amides is 1. The molecule has 12 heteroatoms. The maximum Gasteiger partial charge on any atom is 0.278 e. The van der Waals surface area contributed by atoms with Crippen molar-refractivity contribution < 1.29 is 28.2 Å². The van der Waals surface area contributed by atoms with E-state index in [-0.39, 0.29) is 31.0 Å². The van der Waals surface area contributed by atoms with Crippen molar-refractivity contribution in [1.29, 1.82) is 0 Å². The molecule has 0 saturated carbocycles. The highest BCUT2D eigenvalue weighted by Crippen LogP contribution is 2.52. The van der Waals surface area contributed by atoms with Gasteiger partial charge in [-0.15, -0.1) is 11.3 Å². The Kier molecular flexibility index (Phi) is 6.56. The summed E-state index contributed by atoms with van der Waals surface area (Å²) in [5.74, 6) is -3.07. The second-order valence-electron chi connectivity index (χ2n) is 11.3. The number of aromatic hydroxyl groups is 1. The van der Waals surface area contributed by atoms with Gasteiger partial charge in [0.1, 0.15) is 6.17 Å². The standard InChI is InChI=1S/C32H28F2N4O5S/c33-23-6-5-21-26(27(23)34)22-15-18(16-35-9-12-42-13-10-35)44-31(22)20-4-2-1-3-19(20)28(21)38-25-17-43-14-11-36(25)32(41)29-30(40)24(39)7-8-37(29)38/h1-8,15,25,28,40H,9-14,16-17H2/t25-,28-/m1/s1. The third-order valence-corrected chi connectivity index (χ3v) is 10.0. The molecule has 0 unspecified atom stereocenters. The molecule has 1 aliphatic carbocycles. The smallest absolute Gasteiger partial charge is 0.278 e. The van der Waals surface area contributed by atoms with E-state index in [2.05, 4.69) is 4.90 Å². The summed E-state index contributed by atoms with van der Waals surface area (Å²) in [5, 5.41) is 12.7. The van der Waals surface area contributed by atoms with Gasteiger partial charge in [0, 0.05) is 59.3 Å². The number of fused-ring (bicyclic) bond motifs is 7. The van der Waals surface area contributed by atoms with Crippen LogP contribution in [0.3, 0.4) is 0 Å². The molecule has 1 amide bonds. The summed E-state index contributed by atoms with van der Waals surface area (Å²) in [6, 6.07) is 12.9. The Labute approximate surface area is 255 Å². The van der Waals surface area contributed by atoms with Gasteiger partial charge >= 0.3 is 0 Å². The van der Waals surface area contributed by atoms with Crippen LogP contribution in [0, 0.1) is 11.6 Å². The number of aromatic nitrogens is 1. The number of pyridine rings is 1. The summed E-state index contributed by atoms with van der Waals surface area (Å²) in [4.78, 5) is 31.9. The second kappa shape index (κ2) is 10.5. The second-order valence-corrected chi connectivity index (χ2v) is 12.5. The number of carbonyl (C=O) groups is 1. The van der Waals surface area contributed by atoms with E-state index in [1.165, 1.54) is 16.9 Å². The maximum absolute atomic E-state index is 16.2. The van der Waals surface area contributed by atoms with E-state index in [9.17, 15) is 14.7 Å². The van der Waals surface area contributed by atoms with Crippen molar-refractivity contribution in [3.8, 4) is 27.3 Å². The van der Waals surface area contributed by atoms with Crippen molar-refractivity contribution in [3.05, 3.63) is 98.3 Å². The fourth-order valence-electron chi connectivity index (χ4n) is 6.88. The van der Waals surface area contributed by atoms with E-state index >= 15 is 8.78 Å². The van der Waals surface area contributed by atoms with Crippen LogP contribution >= 0.6 is 11.3 Å². The topological polar surface area (TPSA) is 87.5 Å². The minimum Gasteiger partial charge on any atom is -0.502 e. The molecule has 0 bridgehead atoms. The fraction of sp³-hybridized carbons (Fsp3) is 0.312. The number of nitrogens with zero attached hydrogens (tertiary/aromatic N) is 4. The molecule has 3 aliphatic heterocycles. The molecule has 4 aromatic rings. The van der Waals surface area contributed by atoms with Gasteiger partial charge in [0.25, 0.3) is 5.91 Å². The molecule has 1 N–H and O–H groups in total. The summed E-state index contributed by atoms with van der Waals surface area (Å²) in [6.45, 7) is 4.23. The van der Waals surface area contributed by atoms with Crippen molar-refractivity contribution in [2.75, 3.05) is 51.1 Å². The van der Waals surface area contributed by atoms with E-state index in [0.29, 0.717) is 30.9 Å². The van der Waals surface area contributed by atoms with E-state index in [4.69, 9.17) is 9.47 Å². The monoisotopic (exact) mass is 618 g/mol. The zero-order valence-electron chi connectivity index (χ0n) is 23.5. The van der Waals surface area contributed by atoms with E-state index < -0.39 is 40.9 Å². The number of ether oxygens (including phenoxy) is 2. The van der Waals surface area contributed by atoms with Crippen molar-refractivity contribution >= 4 is 17.2 Å². The quantitative estimate of drug-likeness (QED) is 0.373. The molecule has 226 valence electrons. The first-order valence-corrected chi connectivity index (χ1v) is 15.4. The highest BCUT2D eigenvalue weighted by Gasteiger charge is 2.46. The van der Waals surface area contributed by atoms with Gasteiger partial charge in [0.2, 0.25) is 5.43 Å². The lowest BCUT2D eigenvalue weighted by molar-refractivity contribution is -0.0196. The minimum absolute atomic E-state index is 0.140. The summed E-state index contributed by atoms with van der Waals surface area (Å²) in [6.07, 6.45) is 0.794. The van der Waals surface area contributed by atoms with Crippen molar-refractivity contribution in [1.82, 2.24) is 14.5 Å². The molecule has 2 saturated heterocycles. The summed E-state index contributed by atoms with van der Waals surface area (Å²) in [7, 11) is 0. The number of carbonyl (C=O) groups excluding carboxylic acids is 1. The fourth-order valence-corrected chi connectivity index (χ4v) is 8.13. The lowest BCUT2D eigenvalue weighted by Crippen LogP contribution is -2.66. The van der Waals surface area contributed by atoms with E-state index in [1.54, 1.807) is 22.3 Å². The largest absolute Gasteiger partial charge is 0.502 e. The van der Waals surface area contributed by atoms with Crippen LogP contribution in [0.15, 0.2) is 59.5 Å². The van der Waals surface area contributed by atoms with Crippen LogP contribution in [0.5, 0.6) is 5.75 Å². The number of benzene rings is 2. The first kappa shape index (κ1) is 27.4. The van der Waals surface area contributed by atoms with Gasteiger partial charge in [-0.1, -0.05) is 30.3 Å². The number of rotatable bonds is 3. The van der Waals surface area contributed by atoms with Crippen molar-refractivity contribution in [2.24, 2.45) is 0 Å². The Morgan fingerprint density at radius 1 is 0.932 bits per heavy atom. The number of morpholine rings is 2. The molecule has 9 nitrogen and oxygen atoms in total. The molecule has 2 fully saturated rings. The third-order valence-electron chi connectivity index (χ3n) is 8.90. The van der Waals surface area contributed by atoms with E-state index in [1.807, 2.05) is 35.3 Å². The first-order chi connectivity index (χ1) is 21.4. The number of thiophene rings is 1. The Bertz CT molecular complexity index is 1870. The number of hydrogen-bond donors (Lipinski definition) is 1. The van der Waals surface area contributed by atoms with Crippen LogP contribution in [0.25, 0.3) is 21.6 Å². The lowest BCUT2D eigenvalue weighted by Gasteiger charge is -2.51. The van der Waals surface area contributed by atoms with Crippen LogP contribution in [0.1, 0.15) is 32.5 Å². The maximum atomic E-state index is 16.2. The molecule has 0 radical (unpaired) electrons.